The van der Waals surface area contributed by atoms with Crippen LogP contribution in [0.3, 0.4) is 0 Å². The van der Waals surface area contributed by atoms with E-state index in [0.717, 1.165) is 0 Å². The Kier molecular flexibility index (Phi) is 6.40. The molecule has 114 valence electrons. The van der Waals surface area contributed by atoms with Gasteiger partial charge in [-0.15, -0.1) is 11.3 Å². The van der Waals surface area contributed by atoms with Crippen molar-refractivity contribution in [3.8, 4) is 11.8 Å². The molecule has 1 rings (SSSR count). The number of amides is 2. The Hall–Kier alpha value is -1.84. The summed E-state index contributed by atoms with van der Waals surface area (Å²) in [5.74, 6) is 5.29. The Morgan fingerprint density at radius 1 is 1.43 bits per heavy atom. The van der Waals surface area contributed by atoms with E-state index in [4.69, 9.17) is 5.11 Å². The highest BCUT2D eigenvalue weighted by atomic mass is 32.1. The molecule has 0 saturated heterocycles. The lowest BCUT2D eigenvalue weighted by Gasteiger charge is -2.22. The third-order valence-electron chi connectivity index (χ3n) is 2.86. The predicted molar refractivity (Wildman–Crippen MR) is 83.1 cm³/mol. The molecule has 0 atom stereocenters. The lowest BCUT2D eigenvalue weighted by atomic mass is 9.92. The van der Waals surface area contributed by atoms with E-state index in [2.05, 4.69) is 22.5 Å². The second-order valence-electron chi connectivity index (χ2n) is 5.08. The van der Waals surface area contributed by atoms with Crippen LogP contribution in [0.4, 0.5) is 0 Å². The average Bonchev–Trinajstić information content (AvgIpc) is 2.92. The van der Waals surface area contributed by atoms with Crippen LogP contribution in [-0.4, -0.2) is 37.1 Å². The van der Waals surface area contributed by atoms with Gasteiger partial charge in [0, 0.05) is 25.6 Å². The second kappa shape index (κ2) is 7.81. The molecule has 0 aliphatic rings. The molecular formula is C15H20N2O3S. The highest BCUT2D eigenvalue weighted by Gasteiger charge is 2.27. The average molecular weight is 308 g/mol. The molecule has 5 nitrogen and oxygen atoms in total. The van der Waals surface area contributed by atoms with Crippen molar-refractivity contribution >= 4 is 23.2 Å². The molecule has 0 spiro atoms. The van der Waals surface area contributed by atoms with Crippen LogP contribution in [0.25, 0.3) is 0 Å². The Morgan fingerprint density at radius 3 is 2.76 bits per heavy atom. The predicted octanol–water partition coefficient (Wildman–Crippen LogP) is 0.984. The number of thiophene rings is 1. The highest BCUT2D eigenvalue weighted by molar-refractivity contribution is 7.12. The minimum Gasteiger partial charge on any atom is -0.395 e. The van der Waals surface area contributed by atoms with E-state index in [0.29, 0.717) is 16.9 Å². The van der Waals surface area contributed by atoms with Gasteiger partial charge >= 0.3 is 0 Å². The van der Waals surface area contributed by atoms with Crippen molar-refractivity contribution in [3.63, 3.8) is 0 Å². The molecule has 1 aromatic heterocycles. The van der Waals surface area contributed by atoms with Gasteiger partial charge in [0.25, 0.3) is 5.91 Å². The maximum atomic E-state index is 12.2. The summed E-state index contributed by atoms with van der Waals surface area (Å²) in [4.78, 5) is 24.4. The van der Waals surface area contributed by atoms with E-state index in [1.54, 1.807) is 32.3 Å². The van der Waals surface area contributed by atoms with Crippen LogP contribution in [0.15, 0.2) is 11.4 Å². The SMILES string of the molecule is CNC(=O)C(C)(C)CNC(=O)c1sccc1C#CCCO. The van der Waals surface area contributed by atoms with Crippen LogP contribution in [-0.2, 0) is 4.79 Å². The molecule has 0 saturated carbocycles. The quantitative estimate of drug-likeness (QED) is 0.710. The van der Waals surface area contributed by atoms with E-state index in [-0.39, 0.29) is 25.0 Å². The van der Waals surface area contributed by atoms with Gasteiger partial charge in [-0.1, -0.05) is 11.8 Å². The van der Waals surface area contributed by atoms with Crippen molar-refractivity contribution in [2.45, 2.75) is 20.3 Å². The zero-order chi connectivity index (χ0) is 15.9. The standard InChI is InChI=1S/C15H20N2O3S/c1-15(2,14(20)16-3)10-17-13(19)12-11(7-9-21-12)6-4-5-8-18/h7,9,18H,5,8,10H2,1-3H3,(H,16,20)(H,17,19). The maximum Gasteiger partial charge on any atom is 0.262 e. The van der Waals surface area contributed by atoms with Gasteiger partial charge in [0.05, 0.1) is 12.0 Å². The van der Waals surface area contributed by atoms with Gasteiger partial charge < -0.3 is 15.7 Å². The van der Waals surface area contributed by atoms with Gasteiger partial charge in [0.1, 0.15) is 4.88 Å². The van der Waals surface area contributed by atoms with Gasteiger partial charge in [-0.2, -0.15) is 0 Å². The zero-order valence-electron chi connectivity index (χ0n) is 12.4. The highest BCUT2D eigenvalue weighted by Crippen LogP contribution is 2.17. The number of hydrogen-bond donors (Lipinski definition) is 3. The van der Waals surface area contributed by atoms with Crippen molar-refractivity contribution in [3.05, 3.63) is 21.9 Å². The van der Waals surface area contributed by atoms with Crippen molar-refractivity contribution < 1.29 is 14.7 Å². The van der Waals surface area contributed by atoms with Gasteiger partial charge in [-0.05, 0) is 25.3 Å². The topological polar surface area (TPSA) is 78.4 Å². The van der Waals surface area contributed by atoms with Crippen LogP contribution in [0.1, 0.15) is 35.5 Å². The minimum atomic E-state index is -0.676. The number of carbonyl (C=O) groups is 2. The molecule has 1 heterocycles. The molecule has 0 bridgehead atoms. The Labute approximate surface area is 128 Å². The third kappa shape index (κ3) is 4.88. The molecule has 0 aliphatic heterocycles. The van der Waals surface area contributed by atoms with Crippen molar-refractivity contribution in [1.82, 2.24) is 10.6 Å². The normalized spacial score (nSPS) is 10.5. The van der Waals surface area contributed by atoms with Crippen LogP contribution in [0.2, 0.25) is 0 Å². The Bertz CT molecular complexity index is 567. The third-order valence-corrected chi connectivity index (χ3v) is 3.78. The molecule has 3 N–H and O–H groups in total. The Morgan fingerprint density at radius 2 is 2.14 bits per heavy atom. The van der Waals surface area contributed by atoms with Crippen LogP contribution >= 0.6 is 11.3 Å². The summed E-state index contributed by atoms with van der Waals surface area (Å²) in [6.45, 7) is 3.77. The monoisotopic (exact) mass is 308 g/mol. The van der Waals surface area contributed by atoms with E-state index in [1.165, 1.54) is 11.3 Å². The lowest BCUT2D eigenvalue weighted by Crippen LogP contribution is -2.43. The number of aliphatic hydroxyl groups excluding tert-OH is 1. The van der Waals surface area contributed by atoms with Gasteiger partial charge in [-0.3, -0.25) is 9.59 Å². The fourth-order valence-corrected chi connectivity index (χ4v) is 2.36. The fourth-order valence-electron chi connectivity index (χ4n) is 1.60. The number of carbonyl (C=O) groups excluding carboxylic acids is 2. The summed E-state index contributed by atoms with van der Waals surface area (Å²) in [5.41, 5.74) is -0.0339. The van der Waals surface area contributed by atoms with Gasteiger partial charge in [0.15, 0.2) is 0 Å². The molecule has 0 unspecified atom stereocenters. The molecule has 0 aliphatic carbocycles. The second-order valence-corrected chi connectivity index (χ2v) is 6.00. The summed E-state index contributed by atoms with van der Waals surface area (Å²) in [7, 11) is 1.57. The van der Waals surface area contributed by atoms with Gasteiger partial charge in [-0.25, -0.2) is 0 Å². The van der Waals surface area contributed by atoms with Crippen LogP contribution in [0, 0.1) is 17.3 Å². The van der Waals surface area contributed by atoms with E-state index < -0.39 is 5.41 Å². The zero-order valence-corrected chi connectivity index (χ0v) is 13.3. The first-order valence-corrected chi connectivity index (χ1v) is 7.48. The number of rotatable bonds is 5. The van der Waals surface area contributed by atoms with E-state index in [9.17, 15) is 9.59 Å². The molecule has 0 radical (unpaired) electrons. The van der Waals surface area contributed by atoms with Crippen molar-refractivity contribution in [2.75, 3.05) is 20.2 Å². The number of hydrogen-bond acceptors (Lipinski definition) is 4. The molecule has 21 heavy (non-hydrogen) atoms. The Balaban J connectivity index is 2.72. The lowest BCUT2D eigenvalue weighted by molar-refractivity contribution is -0.128. The summed E-state index contributed by atoms with van der Waals surface area (Å²) >= 11 is 1.30. The van der Waals surface area contributed by atoms with E-state index >= 15 is 0 Å². The first kappa shape index (κ1) is 17.2. The maximum absolute atomic E-state index is 12.2. The fraction of sp³-hybridized carbons (Fsp3) is 0.467. The first-order valence-electron chi connectivity index (χ1n) is 6.60. The summed E-state index contributed by atoms with van der Waals surface area (Å²) < 4.78 is 0. The van der Waals surface area contributed by atoms with Crippen molar-refractivity contribution in [1.29, 1.82) is 0 Å². The van der Waals surface area contributed by atoms with Crippen LogP contribution in [0.5, 0.6) is 0 Å². The summed E-state index contributed by atoms with van der Waals surface area (Å²) in [6.07, 6.45) is 0.376. The molecule has 0 aromatic carbocycles. The number of aliphatic hydroxyl groups is 1. The molecular weight excluding hydrogens is 288 g/mol. The molecule has 1 aromatic rings. The van der Waals surface area contributed by atoms with Crippen molar-refractivity contribution in [2.24, 2.45) is 5.41 Å². The molecule has 0 fully saturated rings. The molecule has 6 heteroatoms. The van der Waals surface area contributed by atoms with Crippen LogP contribution < -0.4 is 10.6 Å². The first-order chi connectivity index (χ1) is 9.92. The minimum absolute atomic E-state index is 0.00101. The largest absolute Gasteiger partial charge is 0.395 e. The summed E-state index contributed by atoms with van der Waals surface area (Å²) in [6, 6.07) is 1.77. The smallest absolute Gasteiger partial charge is 0.262 e. The molecule has 2 amide bonds. The van der Waals surface area contributed by atoms with Gasteiger partial charge in [0.2, 0.25) is 5.91 Å². The summed E-state index contributed by atoms with van der Waals surface area (Å²) in [5, 5.41) is 15.8. The number of nitrogens with one attached hydrogen (secondary N) is 2. The van der Waals surface area contributed by atoms with E-state index in [1.807, 2.05) is 0 Å².